The van der Waals surface area contributed by atoms with E-state index in [2.05, 4.69) is 12.2 Å². The smallest absolute Gasteiger partial charge is 0.312 e. The first-order valence-electron chi connectivity index (χ1n) is 4.64. The van der Waals surface area contributed by atoms with Crippen LogP contribution in [0.1, 0.15) is 32.6 Å². The van der Waals surface area contributed by atoms with Crippen LogP contribution in [-0.2, 0) is 9.59 Å². The summed E-state index contributed by atoms with van der Waals surface area (Å²) in [4.78, 5) is 21.1. The Kier molecular flexibility index (Phi) is 3.28. The van der Waals surface area contributed by atoms with Crippen molar-refractivity contribution in [3.8, 4) is 0 Å². The molecule has 2 N–H and O–H groups in total. The highest BCUT2D eigenvalue weighted by Gasteiger charge is 2.37. The molecule has 0 heterocycles. The number of carbonyl (C=O) groups is 2. The third kappa shape index (κ3) is 3.44. The van der Waals surface area contributed by atoms with Gasteiger partial charge >= 0.3 is 5.97 Å². The molecular weight excluding hydrogens is 170 g/mol. The Bertz CT molecular complexity index is 215. The molecule has 1 saturated carbocycles. The fourth-order valence-corrected chi connectivity index (χ4v) is 1.51. The van der Waals surface area contributed by atoms with Crippen LogP contribution in [0.4, 0.5) is 0 Å². The van der Waals surface area contributed by atoms with Crippen LogP contribution in [0.2, 0.25) is 0 Å². The Morgan fingerprint density at radius 1 is 1.54 bits per heavy atom. The molecule has 4 nitrogen and oxygen atoms in total. The summed E-state index contributed by atoms with van der Waals surface area (Å²) < 4.78 is 0. The lowest BCUT2D eigenvalue weighted by Crippen LogP contribution is -2.28. The maximum absolute atomic E-state index is 11.0. The summed E-state index contributed by atoms with van der Waals surface area (Å²) in [5.41, 5.74) is 0. The summed E-state index contributed by atoms with van der Waals surface area (Å²) in [6, 6.07) is 0.242. The molecule has 2 atom stereocenters. The minimum atomic E-state index is -1.06. The Morgan fingerprint density at radius 2 is 2.23 bits per heavy atom. The maximum atomic E-state index is 11.0. The van der Waals surface area contributed by atoms with E-state index in [1.807, 2.05) is 0 Å². The van der Waals surface area contributed by atoms with Gasteiger partial charge < -0.3 is 10.4 Å². The predicted octanol–water partition coefficient (Wildman–Crippen LogP) is 0.766. The van der Waals surface area contributed by atoms with E-state index in [4.69, 9.17) is 5.11 Å². The summed E-state index contributed by atoms with van der Waals surface area (Å²) in [5, 5.41) is 11.0. The highest BCUT2D eigenvalue weighted by Crippen LogP contribution is 2.34. The van der Waals surface area contributed by atoms with Gasteiger partial charge in [-0.15, -0.1) is 0 Å². The molecule has 1 aliphatic carbocycles. The van der Waals surface area contributed by atoms with Gasteiger partial charge in [0.25, 0.3) is 0 Å². The molecule has 4 heteroatoms. The quantitative estimate of drug-likeness (QED) is 0.621. The molecule has 0 aromatic carbocycles. The minimum absolute atomic E-state index is 0.242. The molecule has 13 heavy (non-hydrogen) atoms. The molecule has 2 unspecified atom stereocenters. The topological polar surface area (TPSA) is 66.4 Å². The molecule has 74 valence electrons. The highest BCUT2D eigenvalue weighted by molar-refractivity contribution is 5.93. The van der Waals surface area contributed by atoms with Gasteiger partial charge in [0.1, 0.15) is 6.42 Å². The summed E-state index contributed by atoms with van der Waals surface area (Å²) in [5.74, 6) is -0.843. The molecule has 1 amide bonds. The number of carboxylic acid groups (broad SMARTS) is 1. The molecule has 0 bridgehead atoms. The fraction of sp³-hybridized carbons (Fsp3) is 0.778. The lowest BCUT2D eigenvalue weighted by atomic mass is 10.2. The van der Waals surface area contributed by atoms with Crippen molar-refractivity contribution in [3.63, 3.8) is 0 Å². The van der Waals surface area contributed by atoms with Gasteiger partial charge in [0.2, 0.25) is 5.91 Å². The molecule has 0 radical (unpaired) electrons. The summed E-state index contributed by atoms with van der Waals surface area (Å²) >= 11 is 0. The van der Waals surface area contributed by atoms with E-state index in [0.29, 0.717) is 5.92 Å². The van der Waals surface area contributed by atoms with E-state index < -0.39 is 12.4 Å². The Morgan fingerprint density at radius 3 is 2.77 bits per heavy atom. The van der Waals surface area contributed by atoms with E-state index in [1.54, 1.807) is 0 Å². The van der Waals surface area contributed by atoms with Gasteiger partial charge in [0.05, 0.1) is 0 Å². The van der Waals surface area contributed by atoms with Gasteiger partial charge in [-0.3, -0.25) is 9.59 Å². The van der Waals surface area contributed by atoms with Crippen LogP contribution in [0.3, 0.4) is 0 Å². The Balaban J connectivity index is 2.13. The number of carboxylic acids is 1. The van der Waals surface area contributed by atoms with E-state index in [9.17, 15) is 9.59 Å². The van der Waals surface area contributed by atoms with Gasteiger partial charge in [-0.25, -0.2) is 0 Å². The number of carbonyl (C=O) groups excluding carboxylic acids is 1. The van der Waals surface area contributed by atoms with Crippen LogP contribution in [0, 0.1) is 5.92 Å². The van der Waals surface area contributed by atoms with Gasteiger partial charge in [0, 0.05) is 6.04 Å². The number of hydrogen-bond donors (Lipinski definition) is 2. The monoisotopic (exact) mass is 185 g/mol. The van der Waals surface area contributed by atoms with Gasteiger partial charge in [0.15, 0.2) is 0 Å². The third-order valence-corrected chi connectivity index (χ3v) is 2.24. The Labute approximate surface area is 77.3 Å². The van der Waals surface area contributed by atoms with E-state index in [1.165, 1.54) is 0 Å². The Hall–Kier alpha value is -1.06. The highest BCUT2D eigenvalue weighted by atomic mass is 16.4. The molecule has 0 aromatic rings. The molecule has 0 spiro atoms. The first-order chi connectivity index (χ1) is 6.13. The summed E-state index contributed by atoms with van der Waals surface area (Å²) in [6.07, 6.45) is 2.85. The predicted molar refractivity (Wildman–Crippen MR) is 47.2 cm³/mol. The SMILES string of the molecule is CCCC1CC1NC(=O)CC(=O)O. The van der Waals surface area contributed by atoms with Crippen molar-refractivity contribution in [2.75, 3.05) is 0 Å². The average molecular weight is 185 g/mol. The van der Waals surface area contributed by atoms with Crippen LogP contribution in [0.25, 0.3) is 0 Å². The van der Waals surface area contributed by atoms with Crippen molar-refractivity contribution in [2.24, 2.45) is 5.92 Å². The first kappa shape index (κ1) is 10.0. The summed E-state index contributed by atoms with van der Waals surface area (Å²) in [7, 11) is 0. The number of hydrogen-bond acceptors (Lipinski definition) is 2. The van der Waals surface area contributed by atoms with Crippen molar-refractivity contribution in [1.29, 1.82) is 0 Å². The molecule has 0 aliphatic heterocycles. The average Bonchev–Trinajstić information content (AvgIpc) is 2.66. The molecular formula is C9H15NO3. The third-order valence-electron chi connectivity index (χ3n) is 2.24. The molecule has 0 saturated heterocycles. The molecule has 1 rings (SSSR count). The standard InChI is InChI=1S/C9H15NO3/c1-2-3-6-4-7(6)10-8(11)5-9(12)13/h6-7H,2-5H2,1H3,(H,10,11)(H,12,13). The minimum Gasteiger partial charge on any atom is -0.481 e. The van der Waals surface area contributed by atoms with Crippen LogP contribution < -0.4 is 5.32 Å². The number of rotatable bonds is 5. The van der Waals surface area contributed by atoms with Crippen LogP contribution in [0.15, 0.2) is 0 Å². The van der Waals surface area contributed by atoms with Crippen molar-refractivity contribution < 1.29 is 14.7 Å². The van der Waals surface area contributed by atoms with Crippen LogP contribution in [0.5, 0.6) is 0 Å². The van der Waals surface area contributed by atoms with Crippen molar-refractivity contribution in [3.05, 3.63) is 0 Å². The lowest BCUT2D eigenvalue weighted by molar-refractivity contribution is -0.140. The molecule has 0 aromatic heterocycles. The zero-order valence-electron chi connectivity index (χ0n) is 7.75. The zero-order chi connectivity index (χ0) is 9.84. The number of aliphatic carboxylic acids is 1. The van der Waals surface area contributed by atoms with E-state index in [-0.39, 0.29) is 11.9 Å². The molecule has 1 aliphatic rings. The van der Waals surface area contributed by atoms with Gasteiger partial charge in [-0.2, -0.15) is 0 Å². The van der Waals surface area contributed by atoms with Crippen molar-refractivity contribution in [2.45, 2.75) is 38.6 Å². The second-order valence-electron chi connectivity index (χ2n) is 3.53. The number of nitrogens with one attached hydrogen (secondary N) is 1. The van der Waals surface area contributed by atoms with Gasteiger partial charge in [-0.05, 0) is 18.8 Å². The van der Waals surface area contributed by atoms with Crippen LogP contribution in [-0.4, -0.2) is 23.0 Å². The maximum Gasteiger partial charge on any atom is 0.312 e. The lowest BCUT2D eigenvalue weighted by Gasteiger charge is -2.01. The summed E-state index contributed by atoms with van der Waals surface area (Å²) in [6.45, 7) is 2.11. The largest absolute Gasteiger partial charge is 0.481 e. The van der Waals surface area contributed by atoms with E-state index >= 15 is 0 Å². The van der Waals surface area contributed by atoms with Crippen molar-refractivity contribution >= 4 is 11.9 Å². The fourth-order valence-electron chi connectivity index (χ4n) is 1.51. The van der Waals surface area contributed by atoms with Crippen LogP contribution >= 0.6 is 0 Å². The second-order valence-corrected chi connectivity index (χ2v) is 3.53. The number of amides is 1. The zero-order valence-corrected chi connectivity index (χ0v) is 7.75. The van der Waals surface area contributed by atoms with Crippen molar-refractivity contribution in [1.82, 2.24) is 5.32 Å². The normalized spacial score (nSPS) is 25.3. The molecule has 1 fully saturated rings. The first-order valence-corrected chi connectivity index (χ1v) is 4.64. The van der Waals surface area contributed by atoms with Gasteiger partial charge in [-0.1, -0.05) is 13.3 Å². The van der Waals surface area contributed by atoms with E-state index in [0.717, 1.165) is 19.3 Å². The second kappa shape index (κ2) is 4.25.